The van der Waals surface area contributed by atoms with Crippen LogP contribution in [0.15, 0.2) is 47.5 Å². The Hall–Kier alpha value is -1.63. The normalized spacial score (nSPS) is 14.1. The molecule has 1 aliphatic carbocycles. The third kappa shape index (κ3) is 2.63. The molecule has 102 valence electrons. The molecule has 1 amide bonds. The summed E-state index contributed by atoms with van der Waals surface area (Å²) in [6.45, 7) is 3.48. The quantitative estimate of drug-likeness (QED) is 0.456. The molecule has 1 fully saturated rings. The van der Waals surface area contributed by atoms with Gasteiger partial charge in [0, 0.05) is 17.5 Å². The van der Waals surface area contributed by atoms with Crippen LogP contribution in [-0.4, -0.2) is 11.1 Å². The number of carbonyl (C=O) groups is 1. The summed E-state index contributed by atoms with van der Waals surface area (Å²) in [5, 5.41) is 4.10. The highest BCUT2D eigenvalue weighted by Gasteiger charge is 2.28. The molecule has 0 saturated heterocycles. The Morgan fingerprint density at radius 1 is 1.40 bits per heavy atom. The number of amides is 1. The predicted molar refractivity (Wildman–Crippen MR) is 85.6 cm³/mol. The molecule has 0 spiro atoms. The van der Waals surface area contributed by atoms with Crippen LogP contribution >= 0.6 is 22.9 Å². The van der Waals surface area contributed by atoms with E-state index in [1.54, 1.807) is 0 Å². The van der Waals surface area contributed by atoms with Crippen LogP contribution in [0.5, 0.6) is 0 Å². The zero-order chi connectivity index (χ0) is 14.1. The van der Waals surface area contributed by atoms with Crippen molar-refractivity contribution in [2.45, 2.75) is 18.8 Å². The second-order valence-corrected chi connectivity index (χ2v) is 5.72. The van der Waals surface area contributed by atoms with E-state index in [4.69, 9.17) is 4.52 Å². The van der Waals surface area contributed by atoms with Gasteiger partial charge in [0.05, 0.1) is 28.6 Å². The molecule has 0 aliphatic heterocycles. The lowest BCUT2D eigenvalue weighted by atomic mass is 10.1. The van der Waals surface area contributed by atoms with Crippen LogP contribution in [0.1, 0.15) is 24.5 Å². The molecular weight excluding hydrogens is 367 g/mol. The molecule has 1 aromatic heterocycles. The molecule has 0 atom stereocenters. The molecule has 4 nitrogen and oxygen atoms in total. The summed E-state index contributed by atoms with van der Waals surface area (Å²) >= 11 is 1.96. The molecule has 0 unspecified atom stereocenters. The van der Waals surface area contributed by atoms with Crippen molar-refractivity contribution in [3.05, 3.63) is 48.7 Å². The summed E-state index contributed by atoms with van der Waals surface area (Å²) in [4.78, 5) is 11.5. The Morgan fingerprint density at radius 3 is 2.70 bits per heavy atom. The van der Waals surface area contributed by atoms with Gasteiger partial charge in [0.25, 0.3) is 5.91 Å². The molecule has 1 heterocycles. The molecular formula is C15H13IN2O2. The maximum absolute atomic E-state index is 11.5. The maximum atomic E-state index is 11.5. The lowest BCUT2D eigenvalue weighted by Crippen LogP contribution is -2.16. The van der Waals surface area contributed by atoms with E-state index in [-0.39, 0.29) is 5.91 Å². The molecule has 20 heavy (non-hydrogen) atoms. The zero-order valence-electron chi connectivity index (χ0n) is 10.8. The van der Waals surface area contributed by atoms with Crippen LogP contribution in [0.4, 0.5) is 5.69 Å². The Morgan fingerprint density at radius 2 is 2.10 bits per heavy atom. The first-order valence-electron chi connectivity index (χ1n) is 6.38. The summed E-state index contributed by atoms with van der Waals surface area (Å²) in [6.07, 6.45) is 3.68. The first kappa shape index (κ1) is 13.4. The number of anilines is 1. The van der Waals surface area contributed by atoms with Gasteiger partial charge in [-0.3, -0.25) is 4.79 Å². The fourth-order valence-corrected chi connectivity index (χ4v) is 2.47. The number of hydrogen-bond acceptors (Lipinski definition) is 3. The summed E-state index contributed by atoms with van der Waals surface area (Å²) in [7, 11) is 0. The number of benzene rings is 1. The first-order valence-corrected chi connectivity index (χ1v) is 7.35. The summed E-state index contributed by atoms with van der Waals surface area (Å²) in [5.41, 5.74) is 2.64. The molecule has 1 aromatic carbocycles. The minimum atomic E-state index is -0.143. The third-order valence-corrected chi connectivity index (χ3v) is 4.30. The second kappa shape index (κ2) is 5.40. The average Bonchev–Trinajstić information content (AvgIpc) is 3.23. The van der Waals surface area contributed by atoms with Gasteiger partial charge >= 0.3 is 0 Å². The number of halogens is 1. The van der Waals surface area contributed by atoms with Gasteiger partial charge in [-0.1, -0.05) is 23.9 Å². The van der Waals surface area contributed by atoms with E-state index < -0.39 is 0 Å². The van der Waals surface area contributed by atoms with Crippen molar-refractivity contribution in [1.82, 2.24) is 5.16 Å². The molecule has 1 aliphatic rings. The fourth-order valence-electron chi connectivity index (χ4n) is 1.96. The zero-order valence-corrected chi connectivity index (χ0v) is 12.9. The van der Waals surface area contributed by atoms with Crippen molar-refractivity contribution in [3.63, 3.8) is 0 Å². The number of hydrogen-bond donors (Lipinski definition) is 0. The fraction of sp³-hybridized carbons (Fsp3) is 0.200. The van der Waals surface area contributed by atoms with Crippen molar-refractivity contribution in [3.8, 4) is 11.3 Å². The van der Waals surface area contributed by atoms with E-state index in [2.05, 4.69) is 11.7 Å². The number of nitrogens with zero attached hydrogens (tertiary/aromatic N) is 2. The summed E-state index contributed by atoms with van der Waals surface area (Å²) in [6, 6.07) is 9.64. The highest BCUT2D eigenvalue weighted by Crippen LogP contribution is 2.41. The van der Waals surface area contributed by atoms with E-state index in [1.165, 1.54) is 22.0 Å². The average molecular weight is 380 g/mol. The number of carbonyl (C=O) groups excluding carboxylic acids is 1. The lowest BCUT2D eigenvalue weighted by Gasteiger charge is -2.12. The second-order valence-electron chi connectivity index (χ2n) is 4.76. The summed E-state index contributed by atoms with van der Waals surface area (Å²) < 4.78 is 6.87. The van der Waals surface area contributed by atoms with E-state index in [9.17, 15) is 4.79 Å². The van der Waals surface area contributed by atoms with Crippen LogP contribution in [0, 0.1) is 0 Å². The lowest BCUT2D eigenvalue weighted by molar-refractivity contribution is -0.112. The van der Waals surface area contributed by atoms with Crippen LogP contribution in [0.3, 0.4) is 0 Å². The molecule has 3 rings (SSSR count). The molecule has 0 radical (unpaired) electrons. The number of aromatic nitrogens is 1. The highest BCUT2D eigenvalue weighted by molar-refractivity contribution is 14.1. The Kier molecular flexibility index (Phi) is 3.60. The topological polar surface area (TPSA) is 46.3 Å². The molecule has 1 saturated carbocycles. The van der Waals surface area contributed by atoms with Crippen molar-refractivity contribution < 1.29 is 9.32 Å². The van der Waals surface area contributed by atoms with E-state index >= 15 is 0 Å². The molecule has 5 heteroatoms. The van der Waals surface area contributed by atoms with Gasteiger partial charge in [-0.05, 0) is 31.1 Å². The standard InChI is InChI=1S/C15H13IN2O2/c1-2-15(19)18(16)12-7-5-10(6-8-12)13-9-14(20-17-13)11-3-4-11/h2,5-9,11H,1,3-4H2. The van der Waals surface area contributed by atoms with Gasteiger partial charge in [0.2, 0.25) is 0 Å². The van der Waals surface area contributed by atoms with Crippen LogP contribution in [0.25, 0.3) is 11.3 Å². The molecule has 2 aromatic rings. The van der Waals surface area contributed by atoms with E-state index in [1.807, 2.05) is 53.2 Å². The minimum Gasteiger partial charge on any atom is -0.360 e. The smallest absolute Gasteiger partial charge is 0.259 e. The van der Waals surface area contributed by atoms with Crippen molar-refractivity contribution in [2.75, 3.05) is 3.11 Å². The van der Waals surface area contributed by atoms with Crippen LogP contribution in [-0.2, 0) is 4.79 Å². The highest BCUT2D eigenvalue weighted by atomic mass is 127. The van der Waals surface area contributed by atoms with Gasteiger partial charge in [-0.25, -0.2) is 3.11 Å². The Bertz CT molecular complexity index is 644. The van der Waals surface area contributed by atoms with Gasteiger partial charge in [0.15, 0.2) is 0 Å². The van der Waals surface area contributed by atoms with Crippen LogP contribution in [0.2, 0.25) is 0 Å². The Labute approximate surface area is 130 Å². The van der Waals surface area contributed by atoms with Gasteiger partial charge in [-0.2, -0.15) is 0 Å². The summed E-state index contributed by atoms with van der Waals surface area (Å²) in [5.74, 6) is 1.39. The first-order chi connectivity index (χ1) is 9.69. The molecule has 0 bridgehead atoms. The van der Waals surface area contributed by atoms with Crippen molar-refractivity contribution >= 4 is 34.5 Å². The number of rotatable bonds is 4. The van der Waals surface area contributed by atoms with Gasteiger partial charge in [0.1, 0.15) is 11.5 Å². The van der Waals surface area contributed by atoms with E-state index in [0.29, 0.717) is 5.92 Å². The maximum Gasteiger partial charge on any atom is 0.259 e. The van der Waals surface area contributed by atoms with Crippen molar-refractivity contribution in [2.24, 2.45) is 0 Å². The third-order valence-electron chi connectivity index (χ3n) is 3.27. The predicted octanol–water partition coefficient (Wildman–Crippen LogP) is 4.09. The minimum absolute atomic E-state index is 0.143. The molecule has 0 N–H and O–H groups in total. The monoisotopic (exact) mass is 380 g/mol. The SMILES string of the molecule is C=CC(=O)N(I)c1ccc(-c2cc(C3CC3)on2)cc1. The van der Waals surface area contributed by atoms with Gasteiger partial charge in [-0.15, -0.1) is 0 Å². The van der Waals surface area contributed by atoms with Crippen LogP contribution < -0.4 is 3.11 Å². The Balaban J connectivity index is 1.81. The van der Waals surface area contributed by atoms with E-state index in [0.717, 1.165) is 22.7 Å². The van der Waals surface area contributed by atoms with Crippen molar-refractivity contribution in [1.29, 1.82) is 0 Å². The van der Waals surface area contributed by atoms with Gasteiger partial charge < -0.3 is 4.52 Å². The largest absolute Gasteiger partial charge is 0.360 e.